The molecule has 1 aromatic carbocycles. The van der Waals surface area contributed by atoms with Crippen LogP contribution in [0.25, 0.3) is 0 Å². The summed E-state index contributed by atoms with van der Waals surface area (Å²) in [6.45, 7) is 5.17. The van der Waals surface area contributed by atoms with Gasteiger partial charge in [0.1, 0.15) is 11.6 Å². The molecule has 3 heteroatoms. The number of hydrogen-bond donors (Lipinski definition) is 1. The molecule has 0 spiro atoms. The van der Waals surface area contributed by atoms with Crippen molar-refractivity contribution >= 4 is 0 Å². The van der Waals surface area contributed by atoms with Crippen molar-refractivity contribution in [1.82, 2.24) is 5.32 Å². The molecule has 1 N–H and O–H groups in total. The van der Waals surface area contributed by atoms with Crippen LogP contribution in [0.5, 0.6) is 5.75 Å². The van der Waals surface area contributed by atoms with Crippen LogP contribution in [0.15, 0.2) is 18.2 Å². The van der Waals surface area contributed by atoms with Gasteiger partial charge in [0.15, 0.2) is 0 Å². The van der Waals surface area contributed by atoms with Crippen molar-refractivity contribution in [2.24, 2.45) is 0 Å². The molecular formula is C17H28FNO. The van der Waals surface area contributed by atoms with Gasteiger partial charge in [-0.25, -0.2) is 4.39 Å². The molecule has 0 saturated heterocycles. The molecule has 1 aromatic rings. The molecule has 0 heterocycles. The van der Waals surface area contributed by atoms with Crippen molar-refractivity contribution in [3.8, 4) is 5.75 Å². The second-order valence-electron chi connectivity index (χ2n) is 5.20. The maximum Gasteiger partial charge on any atom is 0.123 e. The summed E-state index contributed by atoms with van der Waals surface area (Å²) in [7, 11) is 1.64. The van der Waals surface area contributed by atoms with Crippen molar-refractivity contribution in [2.75, 3.05) is 13.7 Å². The molecule has 2 nitrogen and oxygen atoms in total. The predicted octanol–water partition coefficient (Wildman–Crippen LogP) is 4.85. The second-order valence-corrected chi connectivity index (χ2v) is 5.20. The monoisotopic (exact) mass is 281 g/mol. The van der Waals surface area contributed by atoms with Crippen LogP contribution in [0.4, 0.5) is 4.39 Å². The number of unbranched alkanes of at least 4 members (excludes halogenated alkanes) is 4. The van der Waals surface area contributed by atoms with Crippen LogP contribution in [0.2, 0.25) is 0 Å². The molecule has 1 unspecified atom stereocenters. The van der Waals surface area contributed by atoms with Crippen LogP contribution >= 0.6 is 0 Å². The van der Waals surface area contributed by atoms with Gasteiger partial charge in [0, 0.05) is 11.6 Å². The minimum Gasteiger partial charge on any atom is -0.496 e. The van der Waals surface area contributed by atoms with Crippen molar-refractivity contribution in [2.45, 2.75) is 58.4 Å². The van der Waals surface area contributed by atoms with E-state index in [1.165, 1.54) is 31.7 Å². The minimum absolute atomic E-state index is 0.173. The number of hydrogen-bond acceptors (Lipinski definition) is 2. The third kappa shape index (κ3) is 5.49. The van der Waals surface area contributed by atoms with Gasteiger partial charge in [-0.05, 0) is 31.2 Å². The van der Waals surface area contributed by atoms with E-state index in [1.54, 1.807) is 19.2 Å². The van der Waals surface area contributed by atoms with E-state index in [9.17, 15) is 4.39 Å². The normalized spacial score (nSPS) is 12.4. The Bertz CT molecular complexity index is 381. The first kappa shape index (κ1) is 17.0. The number of nitrogens with one attached hydrogen (secondary N) is 1. The number of ether oxygens (including phenoxy) is 1. The zero-order valence-corrected chi connectivity index (χ0v) is 13.0. The highest BCUT2D eigenvalue weighted by Gasteiger charge is 2.15. The Labute approximate surface area is 122 Å². The molecule has 20 heavy (non-hydrogen) atoms. The van der Waals surface area contributed by atoms with Crippen LogP contribution in [-0.2, 0) is 0 Å². The summed E-state index contributed by atoms with van der Waals surface area (Å²) >= 11 is 0. The molecule has 0 radical (unpaired) electrons. The summed E-state index contributed by atoms with van der Waals surface area (Å²) in [6, 6.07) is 4.93. The first-order valence-corrected chi connectivity index (χ1v) is 7.79. The van der Waals surface area contributed by atoms with Gasteiger partial charge in [-0.15, -0.1) is 0 Å². The Morgan fingerprint density at radius 3 is 2.55 bits per heavy atom. The molecule has 0 saturated carbocycles. The van der Waals surface area contributed by atoms with E-state index in [-0.39, 0.29) is 11.9 Å². The van der Waals surface area contributed by atoms with Crippen LogP contribution in [0.3, 0.4) is 0 Å². The standard InChI is InChI=1S/C17H28FNO/c1-4-6-7-8-9-10-16(19-5-2)15-13-14(18)11-12-17(15)20-3/h11-13,16,19H,4-10H2,1-3H3. The van der Waals surface area contributed by atoms with E-state index in [4.69, 9.17) is 4.74 Å². The Morgan fingerprint density at radius 1 is 1.15 bits per heavy atom. The van der Waals surface area contributed by atoms with Gasteiger partial charge in [-0.1, -0.05) is 46.0 Å². The lowest BCUT2D eigenvalue weighted by Crippen LogP contribution is -2.21. The number of rotatable bonds is 10. The van der Waals surface area contributed by atoms with E-state index in [0.717, 1.165) is 30.7 Å². The number of benzene rings is 1. The van der Waals surface area contributed by atoms with Gasteiger partial charge in [-0.3, -0.25) is 0 Å². The van der Waals surface area contributed by atoms with Gasteiger partial charge in [-0.2, -0.15) is 0 Å². The molecule has 1 rings (SSSR count). The Hall–Kier alpha value is -1.09. The van der Waals surface area contributed by atoms with E-state index < -0.39 is 0 Å². The fourth-order valence-electron chi connectivity index (χ4n) is 2.54. The number of methoxy groups -OCH3 is 1. The lowest BCUT2D eigenvalue weighted by Gasteiger charge is -2.21. The maximum absolute atomic E-state index is 13.5. The van der Waals surface area contributed by atoms with Crippen LogP contribution < -0.4 is 10.1 Å². The lowest BCUT2D eigenvalue weighted by molar-refractivity contribution is 0.391. The molecule has 1 atom stereocenters. The molecule has 0 aliphatic heterocycles. The van der Waals surface area contributed by atoms with E-state index >= 15 is 0 Å². The van der Waals surface area contributed by atoms with Crippen LogP contribution in [0, 0.1) is 5.82 Å². The molecular weight excluding hydrogens is 253 g/mol. The largest absolute Gasteiger partial charge is 0.496 e. The fraction of sp³-hybridized carbons (Fsp3) is 0.647. The van der Waals surface area contributed by atoms with Crippen LogP contribution in [-0.4, -0.2) is 13.7 Å². The third-order valence-electron chi connectivity index (χ3n) is 3.61. The first-order valence-electron chi connectivity index (χ1n) is 7.79. The Morgan fingerprint density at radius 2 is 1.90 bits per heavy atom. The Balaban J connectivity index is 2.67. The molecule has 114 valence electrons. The van der Waals surface area contributed by atoms with Crippen molar-refractivity contribution < 1.29 is 9.13 Å². The molecule has 0 aliphatic carbocycles. The molecule has 0 bridgehead atoms. The third-order valence-corrected chi connectivity index (χ3v) is 3.61. The smallest absolute Gasteiger partial charge is 0.123 e. The summed E-state index contributed by atoms with van der Waals surface area (Å²) in [4.78, 5) is 0. The predicted molar refractivity (Wildman–Crippen MR) is 82.7 cm³/mol. The van der Waals surface area contributed by atoms with Crippen molar-refractivity contribution in [3.05, 3.63) is 29.6 Å². The van der Waals surface area contributed by atoms with E-state index in [0.29, 0.717) is 0 Å². The van der Waals surface area contributed by atoms with Gasteiger partial charge in [0.05, 0.1) is 7.11 Å². The molecule has 0 amide bonds. The Kier molecular flexibility index (Phi) is 8.28. The molecule has 0 aromatic heterocycles. The van der Waals surface area contributed by atoms with E-state index in [2.05, 4.69) is 19.2 Å². The van der Waals surface area contributed by atoms with Crippen LogP contribution in [0.1, 0.15) is 64.0 Å². The summed E-state index contributed by atoms with van der Waals surface area (Å²) in [5, 5.41) is 3.45. The van der Waals surface area contributed by atoms with Gasteiger partial charge >= 0.3 is 0 Å². The highest BCUT2D eigenvalue weighted by atomic mass is 19.1. The summed E-state index contributed by atoms with van der Waals surface area (Å²) in [5.41, 5.74) is 0.935. The summed E-state index contributed by atoms with van der Waals surface area (Å²) in [5.74, 6) is 0.570. The number of halogens is 1. The SMILES string of the molecule is CCCCCCCC(NCC)c1cc(F)ccc1OC. The zero-order valence-electron chi connectivity index (χ0n) is 13.0. The average Bonchev–Trinajstić information content (AvgIpc) is 2.46. The minimum atomic E-state index is -0.199. The summed E-state index contributed by atoms with van der Waals surface area (Å²) < 4.78 is 18.9. The zero-order chi connectivity index (χ0) is 14.8. The molecule has 0 fully saturated rings. The van der Waals surface area contributed by atoms with Gasteiger partial charge < -0.3 is 10.1 Å². The second kappa shape index (κ2) is 9.76. The summed E-state index contributed by atoms with van der Waals surface area (Å²) in [6.07, 6.45) is 7.28. The van der Waals surface area contributed by atoms with Gasteiger partial charge in [0.25, 0.3) is 0 Å². The van der Waals surface area contributed by atoms with Gasteiger partial charge in [0.2, 0.25) is 0 Å². The van der Waals surface area contributed by atoms with E-state index in [1.807, 2.05) is 0 Å². The average molecular weight is 281 g/mol. The topological polar surface area (TPSA) is 21.3 Å². The maximum atomic E-state index is 13.5. The van der Waals surface area contributed by atoms with Crippen molar-refractivity contribution in [1.29, 1.82) is 0 Å². The highest BCUT2D eigenvalue weighted by Crippen LogP contribution is 2.29. The quantitative estimate of drug-likeness (QED) is 0.619. The van der Waals surface area contributed by atoms with Crippen molar-refractivity contribution in [3.63, 3.8) is 0 Å². The first-order chi connectivity index (χ1) is 9.72. The molecule has 0 aliphatic rings. The lowest BCUT2D eigenvalue weighted by atomic mass is 9.98. The highest BCUT2D eigenvalue weighted by molar-refractivity contribution is 5.36. The fourth-order valence-corrected chi connectivity index (χ4v) is 2.54.